The quantitative estimate of drug-likeness (QED) is 0.804. The van der Waals surface area contributed by atoms with Crippen molar-refractivity contribution in [1.82, 2.24) is 5.32 Å². The van der Waals surface area contributed by atoms with Gasteiger partial charge in [-0.05, 0) is 62.4 Å². The topological polar surface area (TPSA) is 35.8 Å². The molecule has 1 unspecified atom stereocenters. The summed E-state index contributed by atoms with van der Waals surface area (Å²) in [5.74, 6) is 1.38. The van der Waals surface area contributed by atoms with Crippen molar-refractivity contribution in [3.8, 4) is 6.07 Å². The first kappa shape index (κ1) is 14.4. The molecule has 0 amide bonds. The predicted molar refractivity (Wildman–Crippen MR) is 81.4 cm³/mol. The first-order valence-electron chi connectivity index (χ1n) is 6.97. The molecule has 0 saturated heterocycles. The highest BCUT2D eigenvalue weighted by atomic mass is 32.2. The van der Waals surface area contributed by atoms with Gasteiger partial charge in [-0.15, -0.1) is 11.8 Å². The Bertz CT molecular complexity index is 488. The first-order valence-corrected chi connectivity index (χ1v) is 7.96. The Hall–Kier alpha value is -0.980. The summed E-state index contributed by atoms with van der Waals surface area (Å²) < 4.78 is 0. The minimum absolute atomic E-state index is 0.335. The minimum atomic E-state index is -0.335. The van der Waals surface area contributed by atoms with Gasteiger partial charge in [-0.2, -0.15) is 5.26 Å². The maximum absolute atomic E-state index is 9.57. The van der Waals surface area contributed by atoms with E-state index in [1.54, 1.807) is 11.8 Å². The number of thioether (sulfide) groups is 1. The summed E-state index contributed by atoms with van der Waals surface area (Å²) in [4.78, 5) is 1.27. The van der Waals surface area contributed by atoms with E-state index in [-0.39, 0.29) is 5.54 Å². The lowest BCUT2D eigenvalue weighted by Gasteiger charge is -2.27. The van der Waals surface area contributed by atoms with Crippen molar-refractivity contribution in [2.45, 2.75) is 44.0 Å². The van der Waals surface area contributed by atoms with Crippen LogP contribution in [0.4, 0.5) is 0 Å². The number of nitrogens with one attached hydrogen (secondary N) is 1. The second-order valence-electron chi connectivity index (χ2n) is 5.42. The van der Waals surface area contributed by atoms with Crippen LogP contribution in [0.3, 0.4) is 0 Å². The summed E-state index contributed by atoms with van der Waals surface area (Å²) >= 11 is 1.80. The van der Waals surface area contributed by atoms with Gasteiger partial charge >= 0.3 is 0 Å². The first-order chi connectivity index (χ1) is 9.11. The van der Waals surface area contributed by atoms with Gasteiger partial charge in [0.15, 0.2) is 0 Å². The smallest absolute Gasteiger partial charge is 0.119 e. The third-order valence-electron chi connectivity index (χ3n) is 3.91. The lowest BCUT2D eigenvalue weighted by atomic mass is 9.98. The van der Waals surface area contributed by atoms with Crippen LogP contribution >= 0.6 is 11.8 Å². The van der Waals surface area contributed by atoms with Crippen molar-refractivity contribution >= 4 is 11.8 Å². The van der Waals surface area contributed by atoms with Gasteiger partial charge in [0.05, 0.1) is 6.07 Å². The van der Waals surface area contributed by atoms with Gasteiger partial charge in [-0.1, -0.05) is 13.0 Å². The third kappa shape index (κ3) is 3.32. The summed E-state index contributed by atoms with van der Waals surface area (Å²) in [6, 6.07) is 9.09. The zero-order valence-corrected chi connectivity index (χ0v) is 12.8. The lowest BCUT2D eigenvalue weighted by Crippen LogP contribution is -2.48. The van der Waals surface area contributed by atoms with E-state index in [0.717, 1.165) is 12.3 Å². The van der Waals surface area contributed by atoms with E-state index in [0.29, 0.717) is 5.92 Å². The SMILES string of the molecule is CCNC(C#N)(CSc1ccc(C)c(C)c1)C1CC1. The van der Waals surface area contributed by atoms with Crippen LogP contribution < -0.4 is 5.32 Å². The number of benzene rings is 1. The Morgan fingerprint density at radius 2 is 2.11 bits per heavy atom. The summed E-state index contributed by atoms with van der Waals surface area (Å²) in [6.45, 7) is 7.21. The Morgan fingerprint density at radius 3 is 2.63 bits per heavy atom. The van der Waals surface area contributed by atoms with Crippen LogP contribution in [0.25, 0.3) is 0 Å². The van der Waals surface area contributed by atoms with E-state index in [9.17, 15) is 5.26 Å². The number of nitrogens with zero attached hydrogens (tertiary/aromatic N) is 1. The van der Waals surface area contributed by atoms with Crippen LogP contribution in [-0.2, 0) is 0 Å². The normalized spacial score (nSPS) is 17.8. The number of nitriles is 1. The molecule has 1 atom stereocenters. The second-order valence-corrected chi connectivity index (χ2v) is 6.47. The molecule has 19 heavy (non-hydrogen) atoms. The summed E-state index contributed by atoms with van der Waals surface area (Å²) in [7, 11) is 0. The number of aryl methyl sites for hydroxylation is 2. The molecule has 0 radical (unpaired) electrons. The lowest BCUT2D eigenvalue weighted by molar-refractivity contribution is 0.416. The van der Waals surface area contributed by atoms with E-state index in [1.807, 2.05) is 0 Å². The second kappa shape index (κ2) is 5.98. The molecule has 1 aliphatic carbocycles. The largest absolute Gasteiger partial charge is 0.299 e. The molecule has 1 N–H and O–H groups in total. The van der Waals surface area contributed by atoms with Crippen LogP contribution in [0, 0.1) is 31.1 Å². The van der Waals surface area contributed by atoms with Crippen molar-refractivity contribution in [1.29, 1.82) is 5.26 Å². The molecule has 1 saturated carbocycles. The molecule has 0 spiro atoms. The van der Waals surface area contributed by atoms with Crippen LogP contribution in [-0.4, -0.2) is 17.8 Å². The summed E-state index contributed by atoms with van der Waals surface area (Å²) in [6.07, 6.45) is 2.38. The predicted octanol–water partition coefficient (Wildman–Crippen LogP) is 3.68. The molecule has 102 valence electrons. The Labute approximate surface area is 120 Å². The molecular weight excluding hydrogens is 252 g/mol. The fourth-order valence-electron chi connectivity index (χ4n) is 2.37. The highest BCUT2D eigenvalue weighted by Crippen LogP contribution is 2.42. The van der Waals surface area contributed by atoms with Gasteiger partial charge in [0, 0.05) is 10.6 Å². The maximum Gasteiger partial charge on any atom is 0.119 e. The molecule has 1 fully saturated rings. The Balaban J connectivity index is 2.06. The maximum atomic E-state index is 9.57. The molecule has 2 nitrogen and oxygen atoms in total. The van der Waals surface area contributed by atoms with Crippen molar-refractivity contribution in [3.63, 3.8) is 0 Å². The van der Waals surface area contributed by atoms with E-state index in [4.69, 9.17) is 0 Å². The van der Waals surface area contributed by atoms with Crippen molar-refractivity contribution in [2.24, 2.45) is 5.92 Å². The average Bonchev–Trinajstić information content (AvgIpc) is 3.23. The van der Waals surface area contributed by atoms with Gasteiger partial charge in [0.2, 0.25) is 0 Å². The summed E-state index contributed by atoms with van der Waals surface area (Å²) in [5, 5.41) is 13.0. The van der Waals surface area contributed by atoms with E-state index in [2.05, 4.69) is 50.4 Å². The van der Waals surface area contributed by atoms with Crippen molar-refractivity contribution in [3.05, 3.63) is 29.3 Å². The van der Waals surface area contributed by atoms with E-state index < -0.39 is 0 Å². The van der Waals surface area contributed by atoms with Gasteiger partial charge in [0.1, 0.15) is 5.54 Å². The van der Waals surface area contributed by atoms with E-state index >= 15 is 0 Å². The molecule has 2 rings (SSSR count). The highest BCUT2D eigenvalue weighted by Gasteiger charge is 2.45. The molecular formula is C16H22N2S. The average molecular weight is 274 g/mol. The molecule has 0 heterocycles. The molecule has 1 aromatic carbocycles. The fourth-order valence-corrected chi connectivity index (χ4v) is 3.59. The molecule has 3 heteroatoms. The molecule has 0 bridgehead atoms. The van der Waals surface area contributed by atoms with Gasteiger partial charge < -0.3 is 0 Å². The molecule has 0 aromatic heterocycles. The van der Waals surface area contributed by atoms with Crippen LogP contribution in [0.5, 0.6) is 0 Å². The van der Waals surface area contributed by atoms with Gasteiger partial charge in [-0.3, -0.25) is 5.32 Å². The number of rotatable bonds is 6. The van der Waals surface area contributed by atoms with Gasteiger partial charge in [-0.25, -0.2) is 0 Å². The summed E-state index contributed by atoms with van der Waals surface area (Å²) in [5.41, 5.74) is 2.31. The number of hydrogen-bond acceptors (Lipinski definition) is 3. The number of hydrogen-bond donors (Lipinski definition) is 1. The van der Waals surface area contributed by atoms with Crippen molar-refractivity contribution in [2.75, 3.05) is 12.3 Å². The van der Waals surface area contributed by atoms with Crippen molar-refractivity contribution < 1.29 is 0 Å². The monoisotopic (exact) mass is 274 g/mol. The highest BCUT2D eigenvalue weighted by molar-refractivity contribution is 7.99. The van der Waals surface area contributed by atoms with Crippen LogP contribution in [0.2, 0.25) is 0 Å². The molecule has 1 aliphatic rings. The fraction of sp³-hybridized carbons (Fsp3) is 0.562. The molecule has 1 aromatic rings. The standard InChI is InChI=1S/C16H22N2S/c1-4-18-16(10-17,14-6-7-14)11-19-15-8-5-12(2)13(3)9-15/h5,8-9,14,18H,4,6-7,11H2,1-3H3. The van der Waals surface area contributed by atoms with E-state index in [1.165, 1.54) is 28.9 Å². The third-order valence-corrected chi connectivity index (χ3v) is 5.10. The van der Waals surface area contributed by atoms with Gasteiger partial charge in [0.25, 0.3) is 0 Å². The Kier molecular flexibility index (Phi) is 4.54. The molecule has 0 aliphatic heterocycles. The van der Waals surface area contributed by atoms with Crippen LogP contribution in [0.15, 0.2) is 23.1 Å². The van der Waals surface area contributed by atoms with Crippen LogP contribution in [0.1, 0.15) is 30.9 Å². The zero-order chi connectivity index (χ0) is 13.9. The minimum Gasteiger partial charge on any atom is -0.299 e. The zero-order valence-electron chi connectivity index (χ0n) is 12.0. The Morgan fingerprint density at radius 1 is 1.37 bits per heavy atom.